The van der Waals surface area contributed by atoms with Crippen LogP contribution in [0.4, 0.5) is 0 Å². The van der Waals surface area contributed by atoms with Gasteiger partial charge in [0.1, 0.15) is 6.54 Å². The van der Waals surface area contributed by atoms with Gasteiger partial charge in [0.15, 0.2) is 15.4 Å². The molecule has 2 heterocycles. The van der Waals surface area contributed by atoms with Crippen molar-refractivity contribution in [3.63, 3.8) is 0 Å². The number of hydrogen-bond donors (Lipinski definition) is 0. The van der Waals surface area contributed by atoms with Gasteiger partial charge in [-0.1, -0.05) is 12.1 Å². The number of oxazole rings is 1. The van der Waals surface area contributed by atoms with E-state index in [1.165, 1.54) is 16.6 Å². The monoisotopic (exact) mass is 368 g/mol. The fraction of sp³-hybridized carbons (Fsp3) is 0.500. The summed E-state index contributed by atoms with van der Waals surface area (Å²) in [6.07, 6.45) is 0.402. The van der Waals surface area contributed by atoms with Crippen LogP contribution in [0.1, 0.15) is 6.42 Å². The standard InChI is InChI=1S/C16H20N2O6S/c1-23-8-7-17(12-6-9-25(21,22)11-12)15(19)10-18-13-4-2-3-5-14(13)24-16(18)20/h2-5,12H,6-11H2,1H3/t12-/m0/s1. The number of fused-ring (bicyclic) bond motifs is 1. The summed E-state index contributed by atoms with van der Waals surface area (Å²) in [5.74, 6) is -0.917. The second kappa shape index (κ2) is 7.01. The van der Waals surface area contributed by atoms with E-state index in [4.69, 9.17) is 9.15 Å². The van der Waals surface area contributed by atoms with E-state index in [0.717, 1.165) is 0 Å². The Labute approximate surface area is 144 Å². The zero-order valence-corrected chi connectivity index (χ0v) is 14.7. The smallest absolute Gasteiger partial charge is 0.408 e. The number of carbonyl (C=O) groups is 1. The molecule has 0 spiro atoms. The predicted octanol–water partition coefficient (Wildman–Crippen LogP) is 0.257. The molecule has 1 saturated heterocycles. The molecule has 0 saturated carbocycles. The second-order valence-electron chi connectivity index (χ2n) is 6.06. The quantitative estimate of drug-likeness (QED) is 0.725. The summed E-state index contributed by atoms with van der Waals surface area (Å²) < 4.78 is 34.9. The van der Waals surface area contributed by atoms with Crippen molar-refractivity contribution in [3.8, 4) is 0 Å². The van der Waals surface area contributed by atoms with Gasteiger partial charge in [0.25, 0.3) is 0 Å². The Balaban J connectivity index is 1.84. The minimum absolute atomic E-state index is 0.0521. The lowest BCUT2D eigenvalue weighted by Crippen LogP contribution is -2.45. The summed E-state index contributed by atoms with van der Waals surface area (Å²) in [5.41, 5.74) is 0.943. The van der Waals surface area contributed by atoms with E-state index in [2.05, 4.69) is 0 Å². The van der Waals surface area contributed by atoms with Gasteiger partial charge in [0.05, 0.1) is 23.6 Å². The van der Waals surface area contributed by atoms with E-state index in [1.807, 2.05) is 0 Å². The lowest BCUT2D eigenvalue weighted by atomic mass is 10.2. The Bertz CT molecular complexity index is 929. The largest absolute Gasteiger partial charge is 0.420 e. The van der Waals surface area contributed by atoms with Crippen LogP contribution in [-0.4, -0.2) is 61.6 Å². The molecule has 1 aliphatic rings. The molecule has 0 aliphatic carbocycles. The Hall–Kier alpha value is -2.13. The number of methoxy groups -OCH3 is 1. The fourth-order valence-electron chi connectivity index (χ4n) is 3.11. The van der Waals surface area contributed by atoms with Crippen LogP contribution in [0.3, 0.4) is 0 Å². The van der Waals surface area contributed by atoms with E-state index in [0.29, 0.717) is 24.1 Å². The normalized spacial score (nSPS) is 19.3. The lowest BCUT2D eigenvalue weighted by Gasteiger charge is -2.28. The van der Waals surface area contributed by atoms with Crippen LogP contribution in [0.5, 0.6) is 0 Å². The van der Waals surface area contributed by atoms with Crippen LogP contribution >= 0.6 is 0 Å². The number of hydrogen-bond acceptors (Lipinski definition) is 6. The molecule has 1 amide bonds. The van der Waals surface area contributed by atoms with Crippen LogP contribution in [0.25, 0.3) is 11.1 Å². The third-order valence-electron chi connectivity index (χ3n) is 4.37. The van der Waals surface area contributed by atoms with Gasteiger partial charge in [-0.05, 0) is 18.6 Å². The molecule has 1 aromatic heterocycles. The minimum Gasteiger partial charge on any atom is -0.408 e. The van der Waals surface area contributed by atoms with Gasteiger partial charge in [-0.3, -0.25) is 9.36 Å². The first-order valence-electron chi connectivity index (χ1n) is 7.98. The predicted molar refractivity (Wildman–Crippen MR) is 91.1 cm³/mol. The van der Waals surface area contributed by atoms with Crippen LogP contribution < -0.4 is 5.76 Å². The molecule has 1 aliphatic heterocycles. The number of nitrogens with zero attached hydrogens (tertiary/aromatic N) is 2. The van der Waals surface area contributed by atoms with Crippen molar-refractivity contribution < 1.29 is 22.4 Å². The topological polar surface area (TPSA) is 98.8 Å². The van der Waals surface area contributed by atoms with Crippen molar-refractivity contribution in [1.82, 2.24) is 9.47 Å². The minimum atomic E-state index is -3.13. The highest BCUT2D eigenvalue weighted by Gasteiger charge is 2.34. The molecule has 0 bridgehead atoms. The number of carbonyl (C=O) groups excluding carboxylic acids is 1. The van der Waals surface area contributed by atoms with Crippen LogP contribution in [0.15, 0.2) is 33.5 Å². The number of ether oxygens (including phenoxy) is 1. The van der Waals surface area contributed by atoms with Gasteiger partial charge in [-0.15, -0.1) is 0 Å². The highest BCUT2D eigenvalue weighted by Crippen LogP contribution is 2.19. The molecule has 0 N–H and O–H groups in total. The molecule has 3 rings (SSSR count). The Morgan fingerprint density at radius 1 is 1.40 bits per heavy atom. The number of para-hydroxylation sites is 2. The fourth-order valence-corrected chi connectivity index (χ4v) is 4.84. The van der Waals surface area contributed by atoms with Gasteiger partial charge in [0, 0.05) is 19.7 Å². The average Bonchev–Trinajstić information content (AvgIpc) is 3.08. The van der Waals surface area contributed by atoms with Crippen molar-refractivity contribution in [1.29, 1.82) is 0 Å². The molecule has 9 heteroatoms. The van der Waals surface area contributed by atoms with Crippen molar-refractivity contribution in [2.75, 3.05) is 31.8 Å². The van der Waals surface area contributed by atoms with Gasteiger partial charge in [0.2, 0.25) is 5.91 Å². The van der Waals surface area contributed by atoms with Gasteiger partial charge in [-0.2, -0.15) is 0 Å². The van der Waals surface area contributed by atoms with Crippen LogP contribution in [0.2, 0.25) is 0 Å². The first-order valence-corrected chi connectivity index (χ1v) is 9.80. The van der Waals surface area contributed by atoms with Crippen LogP contribution in [-0.2, 0) is 25.9 Å². The van der Waals surface area contributed by atoms with Crippen molar-refractivity contribution in [3.05, 3.63) is 34.8 Å². The van der Waals surface area contributed by atoms with Gasteiger partial charge >= 0.3 is 5.76 Å². The highest BCUT2D eigenvalue weighted by atomic mass is 32.2. The van der Waals surface area contributed by atoms with Crippen molar-refractivity contribution in [2.24, 2.45) is 0 Å². The van der Waals surface area contributed by atoms with Crippen molar-refractivity contribution >= 4 is 26.8 Å². The molecular weight excluding hydrogens is 348 g/mol. The maximum atomic E-state index is 12.8. The number of aromatic nitrogens is 1. The van der Waals surface area contributed by atoms with Crippen molar-refractivity contribution in [2.45, 2.75) is 19.0 Å². The molecular formula is C16H20N2O6S. The maximum Gasteiger partial charge on any atom is 0.420 e. The Morgan fingerprint density at radius 3 is 2.84 bits per heavy atom. The summed E-state index contributed by atoms with van der Waals surface area (Å²) in [6.45, 7) is 0.374. The molecule has 136 valence electrons. The number of sulfone groups is 1. The van der Waals surface area contributed by atoms with E-state index in [9.17, 15) is 18.0 Å². The Morgan fingerprint density at radius 2 is 2.16 bits per heavy atom. The maximum absolute atomic E-state index is 12.8. The van der Waals surface area contributed by atoms with Gasteiger partial charge in [-0.25, -0.2) is 13.2 Å². The SMILES string of the molecule is COCCN(C(=O)Cn1c(=O)oc2ccccc21)[C@H]1CCS(=O)(=O)C1. The average molecular weight is 368 g/mol. The third-order valence-corrected chi connectivity index (χ3v) is 6.12. The second-order valence-corrected chi connectivity index (χ2v) is 8.29. The molecule has 25 heavy (non-hydrogen) atoms. The summed E-state index contributed by atoms with van der Waals surface area (Å²) >= 11 is 0. The van der Waals surface area contributed by atoms with E-state index >= 15 is 0 Å². The third kappa shape index (κ3) is 3.77. The molecule has 1 aromatic carbocycles. The molecule has 1 fully saturated rings. The molecule has 2 aromatic rings. The molecule has 0 radical (unpaired) electrons. The summed E-state index contributed by atoms with van der Waals surface area (Å²) in [7, 11) is -1.61. The van der Waals surface area contributed by atoms with E-state index in [1.54, 1.807) is 24.3 Å². The van der Waals surface area contributed by atoms with E-state index < -0.39 is 15.6 Å². The summed E-state index contributed by atoms with van der Waals surface area (Å²) in [6, 6.07) is 6.47. The van der Waals surface area contributed by atoms with E-state index in [-0.39, 0.29) is 36.5 Å². The summed E-state index contributed by atoms with van der Waals surface area (Å²) in [5, 5.41) is 0. The first-order chi connectivity index (χ1) is 11.9. The molecule has 1 atom stereocenters. The van der Waals surface area contributed by atoms with Gasteiger partial charge < -0.3 is 14.1 Å². The number of rotatable bonds is 6. The summed E-state index contributed by atoms with van der Waals surface area (Å²) in [4.78, 5) is 26.3. The highest BCUT2D eigenvalue weighted by molar-refractivity contribution is 7.91. The molecule has 0 unspecified atom stereocenters. The lowest BCUT2D eigenvalue weighted by molar-refractivity contribution is -0.134. The molecule has 8 nitrogen and oxygen atoms in total. The number of benzene rings is 1. The zero-order chi connectivity index (χ0) is 18.0. The Kier molecular flexibility index (Phi) is 4.96. The van der Waals surface area contributed by atoms with Crippen LogP contribution in [0, 0.1) is 0 Å². The first kappa shape index (κ1) is 17.7. The zero-order valence-electron chi connectivity index (χ0n) is 13.9. The number of amides is 1.